The lowest BCUT2D eigenvalue weighted by Gasteiger charge is -2.44. The van der Waals surface area contributed by atoms with Gasteiger partial charge in [0.25, 0.3) is 5.91 Å². The number of nitrogens with zero attached hydrogens (tertiary/aromatic N) is 4. The molecule has 0 fully saturated rings. The largest absolute Gasteiger partial charge is 0.444 e. The van der Waals surface area contributed by atoms with Gasteiger partial charge in [0.15, 0.2) is 0 Å². The molecule has 10 nitrogen and oxygen atoms in total. The van der Waals surface area contributed by atoms with E-state index >= 15 is 4.39 Å². The number of aliphatic imine (C=N–C) groups is 1. The molecule has 0 saturated carbocycles. The molecule has 2 aromatic heterocycles. The van der Waals surface area contributed by atoms with Gasteiger partial charge in [0, 0.05) is 6.54 Å². The monoisotopic (exact) mass is 582 g/mol. The number of carbonyl (C=O) groups excluding carboxylic acids is 2. The van der Waals surface area contributed by atoms with Crippen LogP contribution in [0.25, 0.3) is 0 Å². The first-order valence-electron chi connectivity index (χ1n) is 12.1. The number of fused-ring (bicyclic) bond motifs is 1. The minimum Gasteiger partial charge on any atom is -0.444 e. The first-order valence-corrected chi connectivity index (χ1v) is 14.0. The van der Waals surface area contributed by atoms with Crippen LogP contribution in [-0.4, -0.2) is 54.2 Å². The quantitative estimate of drug-likeness (QED) is 0.532. The molecule has 0 spiro atoms. The van der Waals surface area contributed by atoms with Gasteiger partial charge in [-0.05, 0) is 66.2 Å². The lowest BCUT2D eigenvalue weighted by Crippen LogP contribution is -2.61. The zero-order chi connectivity index (χ0) is 29.0. The number of amides is 2. The highest BCUT2D eigenvalue weighted by Crippen LogP contribution is 2.47. The molecule has 210 valence electrons. The zero-order valence-electron chi connectivity index (χ0n) is 22.3. The van der Waals surface area contributed by atoms with Crippen molar-refractivity contribution in [2.24, 2.45) is 9.36 Å². The number of hydrogen-bond donors (Lipinski definition) is 2. The van der Waals surface area contributed by atoms with Crippen molar-refractivity contribution >= 4 is 45.0 Å². The molecule has 2 aliphatic rings. The average Bonchev–Trinajstić information content (AvgIpc) is 3.22. The van der Waals surface area contributed by atoms with Crippen molar-refractivity contribution < 1.29 is 27.3 Å². The van der Waals surface area contributed by atoms with Crippen molar-refractivity contribution in [2.45, 2.75) is 69.1 Å². The Bertz CT molecular complexity index is 1520. The lowest BCUT2D eigenvalue weighted by molar-refractivity contribution is 0.0560. The summed E-state index contributed by atoms with van der Waals surface area (Å²) in [4.78, 5) is 38.2. The van der Waals surface area contributed by atoms with Crippen molar-refractivity contribution in [3.63, 3.8) is 0 Å². The third-order valence-corrected chi connectivity index (χ3v) is 10.5. The van der Waals surface area contributed by atoms with E-state index in [1.54, 1.807) is 41.5 Å². The van der Waals surface area contributed by atoms with Crippen molar-refractivity contribution in [3.05, 3.63) is 52.4 Å². The number of halogens is 3. The molecule has 2 aliphatic heterocycles. The first kappa shape index (κ1) is 28.8. The van der Waals surface area contributed by atoms with Gasteiger partial charge in [-0.1, -0.05) is 11.6 Å². The van der Waals surface area contributed by atoms with Gasteiger partial charge in [0.2, 0.25) is 0 Å². The summed E-state index contributed by atoms with van der Waals surface area (Å²) in [7, 11) is -3.11. The van der Waals surface area contributed by atoms with E-state index in [1.165, 1.54) is 6.07 Å². The van der Waals surface area contributed by atoms with Gasteiger partial charge < -0.3 is 10.1 Å². The average molecular weight is 583 g/mol. The second-order valence-electron chi connectivity index (χ2n) is 10.9. The standard InChI is InChI=1S/C25H29ClF2N6O4S/c1-23(2,3)38-22(36)33-21-24(4,5)39(37)16(9-10-30-39)25(6,34-21)19-15(28)7-8-17(31-19)32-20(35)18-14(26)11-13(27)12-29-18/h7-8,11-12,16H,9-10H2,1-6H3,(H,31,32,35)(H,33,34,36)/t16-,25-,39+/m0/s1. The van der Waals surface area contributed by atoms with E-state index in [1.807, 2.05) is 0 Å². The van der Waals surface area contributed by atoms with Crippen molar-refractivity contribution in [1.82, 2.24) is 15.3 Å². The number of anilines is 1. The normalized spacial score (nSPS) is 25.7. The number of amidine groups is 1. The van der Waals surface area contributed by atoms with Gasteiger partial charge in [-0.25, -0.2) is 32.1 Å². The van der Waals surface area contributed by atoms with Crippen LogP contribution >= 0.6 is 11.6 Å². The summed E-state index contributed by atoms with van der Waals surface area (Å²) >= 11 is 5.94. The highest BCUT2D eigenvalue weighted by atomic mass is 35.5. The van der Waals surface area contributed by atoms with Crippen LogP contribution in [0.1, 0.15) is 64.1 Å². The highest BCUT2D eigenvalue weighted by molar-refractivity contribution is 7.96. The Hall–Kier alpha value is -3.19. The molecule has 2 aromatic rings. The van der Waals surface area contributed by atoms with Crippen molar-refractivity contribution in [1.29, 1.82) is 0 Å². The van der Waals surface area contributed by atoms with Crippen LogP contribution in [0.15, 0.2) is 33.8 Å². The topological polar surface area (TPSA) is 135 Å². The minimum atomic E-state index is -3.11. The Morgan fingerprint density at radius 2 is 1.87 bits per heavy atom. The maximum atomic E-state index is 15.4. The highest BCUT2D eigenvalue weighted by Gasteiger charge is 2.58. The smallest absolute Gasteiger partial charge is 0.413 e. The van der Waals surface area contributed by atoms with E-state index in [0.29, 0.717) is 6.42 Å². The minimum absolute atomic E-state index is 0.0177. The van der Waals surface area contributed by atoms with E-state index in [9.17, 15) is 18.2 Å². The third-order valence-electron chi connectivity index (χ3n) is 6.54. The molecule has 3 atom stereocenters. The Balaban J connectivity index is 1.78. The molecule has 2 N–H and O–H groups in total. The van der Waals surface area contributed by atoms with Gasteiger partial charge >= 0.3 is 6.09 Å². The molecule has 14 heteroatoms. The fourth-order valence-corrected chi connectivity index (χ4v) is 8.06. The van der Waals surface area contributed by atoms with Crippen LogP contribution in [0.2, 0.25) is 5.02 Å². The summed E-state index contributed by atoms with van der Waals surface area (Å²) in [5.41, 5.74) is -2.80. The third kappa shape index (κ3) is 5.21. The molecule has 0 bridgehead atoms. The van der Waals surface area contributed by atoms with E-state index in [0.717, 1.165) is 18.3 Å². The Morgan fingerprint density at radius 1 is 1.18 bits per heavy atom. The molecule has 0 saturated heterocycles. The summed E-state index contributed by atoms with van der Waals surface area (Å²) in [5.74, 6) is -2.32. The number of aromatic nitrogens is 2. The molecule has 2 amide bonds. The lowest BCUT2D eigenvalue weighted by atomic mass is 9.89. The van der Waals surface area contributed by atoms with Crippen LogP contribution in [0, 0.1) is 11.6 Å². The zero-order valence-corrected chi connectivity index (χ0v) is 23.8. The predicted octanol–water partition coefficient (Wildman–Crippen LogP) is 4.83. The Morgan fingerprint density at radius 3 is 2.51 bits per heavy atom. The van der Waals surface area contributed by atoms with Gasteiger partial charge in [-0.2, -0.15) is 0 Å². The van der Waals surface area contributed by atoms with Gasteiger partial charge in [-0.15, -0.1) is 0 Å². The predicted molar refractivity (Wildman–Crippen MR) is 143 cm³/mol. The van der Waals surface area contributed by atoms with Gasteiger partial charge in [0.05, 0.1) is 26.2 Å². The number of alkyl carbamates (subject to hydrolysis) is 1. The molecular weight excluding hydrogens is 554 g/mol. The van der Waals surface area contributed by atoms with E-state index in [2.05, 4.69) is 25.0 Å². The molecule has 0 aromatic carbocycles. The fourth-order valence-electron chi connectivity index (χ4n) is 4.65. The number of pyridine rings is 2. The Kier molecular flexibility index (Phi) is 7.22. The maximum Gasteiger partial charge on any atom is 0.413 e. The SMILES string of the molecule is CC(C)(C)OC(=O)NC1=N[C@](C)(c2nc(NC(=O)c3ncc(F)cc3Cl)ccc2F)[C@@H]2CCN=[S@]2(=O)C1(C)C. The van der Waals surface area contributed by atoms with Crippen LogP contribution in [0.4, 0.5) is 19.4 Å². The van der Waals surface area contributed by atoms with Crippen LogP contribution in [-0.2, 0) is 20.0 Å². The number of rotatable bonds is 3. The van der Waals surface area contributed by atoms with Crippen LogP contribution in [0.5, 0.6) is 0 Å². The summed E-state index contributed by atoms with van der Waals surface area (Å²) in [6, 6.07) is 3.25. The summed E-state index contributed by atoms with van der Waals surface area (Å²) < 4.78 is 51.8. The number of hydrogen-bond acceptors (Lipinski definition) is 8. The number of carbonyl (C=O) groups is 2. The summed E-state index contributed by atoms with van der Waals surface area (Å²) in [6.07, 6.45) is 0.368. The first-order chi connectivity index (χ1) is 18.0. The molecule has 0 unspecified atom stereocenters. The molecule has 0 aliphatic carbocycles. The molecular formula is C25H29ClF2N6O4S. The number of nitrogens with one attached hydrogen (secondary N) is 2. The van der Waals surface area contributed by atoms with E-state index in [-0.39, 0.29) is 34.6 Å². The summed E-state index contributed by atoms with van der Waals surface area (Å²) in [6.45, 7) is 10.2. The molecule has 4 heterocycles. The molecule has 39 heavy (non-hydrogen) atoms. The second kappa shape index (κ2) is 9.77. The number of ether oxygens (including phenoxy) is 1. The van der Waals surface area contributed by atoms with Crippen molar-refractivity contribution in [3.8, 4) is 0 Å². The van der Waals surface area contributed by atoms with Crippen molar-refractivity contribution in [2.75, 3.05) is 11.9 Å². The Labute approximate surface area is 230 Å². The fraction of sp³-hybridized carbons (Fsp3) is 0.480. The van der Waals surface area contributed by atoms with Crippen LogP contribution in [0.3, 0.4) is 0 Å². The molecule has 0 radical (unpaired) electrons. The second-order valence-corrected chi connectivity index (χ2v) is 14.3. The van der Waals surface area contributed by atoms with E-state index < -0.39 is 54.5 Å². The summed E-state index contributed by atoms with van der Waals surface area (Å²) in [5, 5.41) is 4.12. The van der Waals surface area contributed by atoms with Crippen LogP contribution < -0.4 is 10.6 Å². The van der Waals surface area contributed by atoms with E-state index in [4.69, 9.17) is 21.3 Å². The maximum absolute atomic E-state index is 15.4. The molecule has 4 rings (SSSR count). The van der Waals surface area contributed by atoms with Gasteiger partial charge in [0.1, 0.15) is 50.6 Å². The van der Waals surface area contributed by atoms with Gasteiger partial charge in [-0.3, -0.25) is 15.1 Å².